The Kier molecular flexibility index (Phi) is 3.99. The lowest BCUT2D eigenvalue weighted by molar-refractivity contribution is 0.580. The molecule has 2 N–H and O–H groups in total. The first-order valence-corrected chi connectivity index (χ1v) is 8.93. The van der Waals surface area contributed by atoms with E-state index < -0.39 is 10.0 Å². The van der Waals surface area contributed by atoms with Gasteiger partial charge in [0.25, 0.3) is 0 Å². The SMILES string of the molecule is O=S(=O)(NC1CC1)c1cc(CNC2CC2)c(Cl)cc1Cl. The number of rotatable bonds is 6. The Hall–Kier alpha value is -0.330. The molecule has 0 saturated heterocycles. The summed E-state index contributed by atoms with van der Waals surface area (Å²) < 4.78 is 27.2. The average molecular weight is 335 g/mol. The lowest BCUT2D eigenvalue weighted by atomic mass is 10.2. The highest BCUT2D eigenvalue weighted by Gasteiger charge is 2.30. The summed E-state index contributed by atoms with van der Waals surface area (Å²) in [5.74, 6) is 0. The molecule has 3 rings (SSSR count). The van der Waals surface area contributed by atoms with E-state index in [0.717, 1.165) is 18.4 Å². The van der Waals surface area contributed by atoms with Crippen molar-refractivity contribution in [2.45, 2.75) is 49.2 Å². The normalized spacial score (nSPS) is 19.3. The monoisotopic (exact) mass is 334 g/mol. The summed E-state index contributed by atoms with van der Waals surface area (Å²) in [6.07, 6.45) is 4.11. The summed E-state index contributed by atoms with van der Waals surface area (Å²) in [5, 5.41) is 3.98. The van der Waals surface area contributed by atoms with Crippen molar-refractivity contribution >= 4 is 33.2 Å². The van der Waals surface area contributed by atoms with Gasteiger partial charge in [-0.3, -0.25) is 0 Å². The molecule has 1 aromatic carbocycles. The van der Waals surface area contributed by atoms with Crippen LogP contribution < -0.4 is 10.0 Å². The van der Waals surface area contributed by atoms with Crippen molar-refractivity contribution < 1.29 is 8.42 Å². The molecule has 0 aromatic heterocycles. The molecule has 0 radical (unpaired) electrons. The summed E-state index contributed by atoms with van der Waals surface area (Å²) in [6, 6.07) is 3.67. The smallest absolute Gasteiger partial charge is 0.242 e. The summed E-state index contributed by atoms with van der Waals surface area (Å²) in [4.78, 5) is 0.114. The van der Waals surface area contributed by atoms with Crippen molar-refractivity contribution in [3.05, 3.63) is 27.7 Å². The second-order valence-electron chi connectivity index (χ2n) is 5.42. The molecule has 4 nitrogen and oxygen atoms in total. The Bertz CT molecular complexity index is 626. The maximum atomic E-state index is 12.3. The van der Waals surface area contributed by atoms with Crippen LogP contribution in [-0.2, 0) is 16.6 Å². The molecule has 2 fully saturated rings. The van der Waals surface area contributed by atoms with Crippen LogP contribution in [0.4, 0.5) is 0 Å². The fourth-order valence-corrected chi connectivity index (χ4v) is 4.11. The van der Waals surface area contributed by atoms with Crippen molar-refractivity contribution in [2.24, 2.45) is 0 Å². The van der Waals surface area contributed by atoms with Gasteiger partial charge in [0.05, 0.1) is 5.02 Å². The van der Waals surface area contributed by atoms with Gasteiger partial charge in [0.1, 0.15) is 4.90 Å². The molecule has 0 amide bonds. The maximum Gasteiger partial charge on any atom is 0.242 e. The lowest BCUT2D eigenvalue weighted by Gasteiger charge is -2.12. The van der Waals surface area contributed by atoms with Crippen LogP contribution in [0, 0.1) is 0 Å². The van der Waals surface area contributed by atoms with E-state index in [4.69, 9.17) is 23.2 Å². The third-order valence-electron chi connectivity index (χ3n) is 3.45. The second kappa shape index (κ2) is 5.46. The Morgan fingerprint density at radius 2 is 1.70 bits per heavy atom. The van der Waals surface area contributed by atoms with E-state index in [1.807, 2.05) is 0 Å². The topological polar surface area (TPSA) is 58.2 Å². The highest BCUT2D eigenvalue weighted by molar-refractivity contribution is 7.89. The fourth-order valence-electron chi connectivity index (χ4n) is 1.94. The summed E-state index contributed by atoms with van der Waals surface area (Å²) in [6.45, 7) is 0.562. The number of halogens is 2. The molecule has 0 unspecified atom stereocenters. The first-order chi connectivity index (χ1) is 9.45. The largest absolute Gasteiger partial charge is 0.310 e. The number of benzene rings is 1. The maximum absolute atomic E-state index is 12.3. The summed E-state index contributed by atoms with van der Waals surface area (Å²) in [7, 11) is -3.56. The Balaban J connectivity index is 1.86. The van der Waals surface area contributed by atoms with Gasteiger partial charge in [-0.2, -0.15) is 0 Å². The zero-order valence-electron chi connectivity index (χ0n) is 10.8. The molecule has 0 atom stereocenters. The fraction of sp³-hybridized carbons (Fsp3) is 0.538. The highest BCUT2D eigenvalue weighted by Crippen LogP contribution is 2.31. The minimum atomic E-state index is -3.56. The van der Waals surface area contributed by atoms with Crippen molar-refractivity contribution in [1.29, 1.82) is 0 Å². The molecular weight excluding hydrogens is 319 g/mol. The molecule has 0 spiro atoms. The van der Waals surface area contributed by atoms with Crippen LogP contribution in [0.5, 0.6) is 0 Å². The number of hydrogen-bond acceptors (Lipinski definition) is 3. The van der Waals surface area contributed by atoms with E-state index in [-0.39, 0.29) is 16.0 Å². The zero-order chi connectivity index (χ0) is 14.3. The molecule has 7 heteroatoms. The van der Waals surface area contributed by atoms with Crippen molar-refractivity contribution in [2.75, 3.05) is 0 Å². The molecule has 0 bridgehead atoms. The average Bonchev–Trinajstić information content (AvgIpc) is 3.21. The van der Waals surface area contributed by atoms with E-state index in [0.29, 0.717) is 17.6 Å². The molecule has 2 aliphatic carbocycles. The first kappa shape index (κ1) is 14.6. The van der Waals surface area contributed by atoms with E-state index in [2.05, 4.69) is 10.0 Å². The van der Waals surface area contributed by atoms with E-state index >= 15 is 0 Å². The van der Waals surface area contributed by atoms with Crippen LogP contribution in [0.3, 0.4) is 0 Å². The van der Waals surface area contributed by atoms with Gasteiger partial charge in [0.2, 0.25) is 10.0 Å². The van der Waals surface area contributed by atoms with Gasteiger partial charge in [-0.1, -0.05) is 23.2 Å². The van der Waals surface area contributed by atoms with Crippen LogP contribution >= 0.6 is 23.2 Å². The van der Waals surface area contributed by atoms with Gasteiger partial charge in [-0.25, -0.2) is 13.1 Å². The van der Waals surface area contributed by atoms with Gasteiger partial charge in [0, 0.05) is 23.7 Å². The minimum absolute atomic E-state index is 0.0554. The van der Waals surface area contributed by atoms with E-state index in [1.54, 1.807) is 6.07 Å². The van der Waals surface area contributed by atoms with Gasteiger partial charge in [0.15, 0.2) is 0 Å². The van der Waals surface area contributed by atoms with Gasteiger partial charge in [-0.15, -0.1) is 0 Å². The Morgan fingerprint density at radius 3 is 2.30 bits per heavy atom. The van der Waals surface area contributed by atoms with Gasteiger partial charge >= 0.3 is 0 Å². The third-order valence-corrected chi connectivity index (χ3v) is 5.79. The molecule has 2 aliphatic rings. The van der Waals surface area contributed by atoms with Gasteiger partial charge in [-0.05, 0) is 43.4 Å². The predicted molar refractivity (Wildman–Crippen MR) is 79.7 cm³/mol. The number of hydrogen-bond donors (Lipinski definition) is 2. The van der Waals surface area contributed by atoms with Gasteiger partial charge < -0.3 is 5.32 Å². The Morgan fingerprint density at radius 1 is 1.05 bits per heavy atom. The summed E-state index contributed by atoms with van der Waals surface area (Å²) >= 11 is 12.2. The quantitative estimate of drug-likeness (QED) is 0.840. The number of nitrogens with one attached hydrogen (secondary N) is 2. The zero-order valence-corrected chi connectivity index (χ0v) is 13.2. The number of sulfonamides is 1. The van der Waals surface area contributed by atoms with Crippen LogP contribution in [0.15, 0.2) is 17.0 Å². The third kappa shape index (κ3) is 3.46. The first-order valence-electron chi connectivity index (χ1n) is 6.69. The molecule has 110 valence electrons. The van der Waals surface area contributed by atoms with Crippen LogP contribution in [0.2, 0.25) is 10.0 Å². The van der Waals surface area contributed by atoms with Crippen LogP contribution in [0.25, 0.3) is 0 Å². The molecular formula is C13H16Cl2N2O2S. The lowest BCUT2D eigenvalue weighted by Crippen LogP contribution is -2.26. The molecule has 0 aliphatic heterocycles. The minimum Gasteiger partial charge on any atom is -0.310 e. The summed E-state index contributed by atoms with van der Waals surface area (Å²) in [5.41, 5.74) is 0.763. The van der Waals surface area contributed by atoms with Crippen LogP contribution in [0.1, 0.15) is 31.2 Å². The van der Waals surface area contributed by atoms with E-state index in [9.17, 15) is 8.42 Å². The Labute approximate surface area is 128 Å². The van der Waals surface area contributed by atoms with Crippen LogP contribution in [-0.4, -0.2) is 20.5 Å². The molecule has 0 heterocycles. The molecule has 1 aromatic rings. The van der Waals surface area contributed by atoms with Crippen molar-refractivity contribution in [1.82, 2.24) is 10.0 Å². The molecule has 20 heavy (non-hydrogen) atoms. The molecule has 2 saturated carbocycles. The van der Waals surface area contributed by atoms with Crippen molar-refractivity contribution in [3.8, 4) is 0 Å². The highest BCUT2D eigenvalue weighted by atomic mass is 35.5. The standard InChI is InChI=1S/C13H16Cl2N2O2S/c14-11-6-12(15)13(20(18,19)17-10-3-4-10)5-8(11)7-16-9-1-2-9/h5-6,9-10,16-17H,1-4,7H2. The van der Waals surface area contributed by atoms with Crippen molar-refractivity contribution in [3.63, 3.8) is 0 Å². The predicted octanol–water partition coefficient (Wildman–Crippen LogP) is 2.69. The van der Waals surface area contributed by atoms with E-state index in [1.165, 1.54) is 18.9 Å². The second-order valence-corrected chi connectivity index (χ2v) is 7.92.